The molecule has 4 rings (SSSR count). The van der Waals surface area contributed by atoms with Gasteiger partial charge in [0.25, 0.3) is 5.91 Å². The number of amides is 2. The second kappa shape index (κ2) is 8.19. The minimum Gasteiger partial charge on any atom is -0.324 e. The van der Waals surface area contributed by atoms with Crippen LogP contribution < -0.4 is 5.32 Å². The van der Waals surface area contributed by atoms with Crippen molar-refractivity contribution in [1.29, 1.82) is 0 Å². The molecular weight excluding hydrogens is 475 g/mol. The summed E-state index contributed by atoms with van der Waals surface area (Å²) in [7, 11) is 0. The van der Waals surface area contributed by atoms with Gasteiger partial charge in [-0.25, -0.2) is 0 Å². The van der Waals surface area contributed by atoms with Crippen molar-refractivity contribution in [2.24, 2.45) is 0 Å². The molecule has 3 aromatic rings. The molecular formula is C22H15BrCl2N2O2. The Hall–Kier alpha value is -2.34. The van der Waals surface area contributed by atoms with Gasteiger partial charge in [-0.2, -0.15) is 0 Å². The van der Waals surface area contributed by atoms with E-state index in [9.17, 15) is 9.59 Å². The highest BCUT2D eigenvalue weighted by atomic mass is 79.9. The van der Waals surface area contributed by atoms with Crippen molar-refractivity contribution in [3.8, 4) is 0 Å². The van der Waals surface area contributed by atoms with E-state index in [2.05, 4.69) is 21.2 Å². The minimum absolute atomic E-state index is 0.118. The van der Waals surface area contributed by atoms with E-state index in [1.165, 1.54) is 11.0 Å². The van der Waals surface area contributed by atoms with Crippen LogP contribution in [0.2, 0.25) is 10.0 Å². The van der Waals surface area contributed by atoms with Crippen molar-refractivity contribution in [3.63, 3.8) is 0 Å². The van der Waals surface area contributed by atoms with Gasteiger partial charge in [0, 0.05) is 20.7 Å². The fourth-order valence-corrected chi connectivity index (χ4v) is 4.23. The number of hydrogen-bond donors (Lipinski definition) is 1. The number of benzene rings is 3. The van der Waals surface area contributed by atoms with Crippen LogP contribution in [0, 0.1) is 0 Å². The zero-order valence-corrected chi connectivity index (χ0v) is 18.1. The van der Waals surface area contributed by atoms with Crippen molar-refractivity contribution < 1.29 is 9.59 Å². The molecule has 1 atom stereocenters. The normalized spacial score (nSPS) is 16.0. The number of nitrogens with zero attached hydrogens (tertiary/aromatic N) is 1. The Labute approximate surface area is 186 Å². The van der Waals surface area contributed by atoms with Crippen LogP contribution in [0.3, 0.4) is 0 Å². The summed E-state index contributed by atoms with van der Waals surface area (Å²) in [6.45, 7) is -0.118. The molecule has 0 aromatic heterocycles. The third-order valence-electron chi connectivity index (χ3n) is 4.74. The summed E-state index contributed by atoms with van der Waals surface area (Å²) in [4.78, 5) is 27.7. The van der Waals surface area contributed by atoms with E-state index in [1.807, 2.05) is 48.5 Å². The Morgan fingerprint density at radius 2 is 1.79 bits per heavy atom. The molecule has 0 aliphatic carbocycles. The van der Waals surface area contributed by atoms with Crippen LogP contribution >= 0.6 is 39.1 Å². The predicted octanol–water partition coefficient (Wildman–Crippen LogP) is 5.94. The smallest absolute Gasteiger partial charge is 0.256 e. The van der Waals surface area contributed by atoms with Crippen molar-refractivity contribution in [3.05, 3.63) is 97.9 Å². The van der Waals surface area contributed by atoms with Gasteiger partial charge in [0.1, 0.15) is 6.54 Å². The predicted molar refractivity (Wildman–Crippen MR) is 119 cm³/mol. The van der Waals surface area contributed by atoms with Crippen LogP contribution in [0.25, 0.3) is 0 Å². The summed E-state index contributed by atoms with van der Waals surface area (Å²) in [5, 5.41) is 3.58. The van der Waals surface area contributed by atoms with Gasteiger partial charge in [-0.3, -0.25) is 9.59 Å². The van der Waals surface area contributed by atoms with Crippen LogP contribution in [0.1, 0.15) is 27.5 Å². The maximum absolute atomic E-state index is 13.5. The van der Waals surface area contributed by atoms with Crippen molar-refractivity contribution in [2.75, 3.05) is 11.9 Å². The first kappa shape index (κ1) is 20.0. The molecule has 0 radical (unpaired) electrons. The van der Waals surface area contributed by atoms with E-state index < -0.39 is 6.04 Å². The summed E-state index contributed by atoms with van der Waals surface area (Å²) in [6.07, 6.45) is 0. The fourth-order valence-electron chi connectivity index (χ4n) is 3.48. The minimum atomic E-state index is -0.481. The van der Waals surface area contributed by atoms with Crippen LogP contribution in [0.4, 0.5) is 5.69 Å². The molecule has 0 saturated heterocycles. The van der Waals surface area contributed by atoms with Gasteiger partial charge < -0.3 is 10.2 Å². The number of rotatable bonds is 2. The summed E-state index contributed by atoms with van der Waals surface area (Å²) in [5.74, 6) is -0.646. The molecule has 146 valence electrons. The van der Waals surface area contributed by atoms with Crippen LogP contribution in [0.5, 0.6) is 0 Å². The van der Waals surface area contributed by atoms with Gasteiger partial charge in [-0.1, -0.05) is 69.5 Å². The first-order chi connectivity index (χ1) is 13.9. The molecule has 1 aliphatic rings. The summed E-state index contributed by atoms with van der Waals surface area (Å²) >= 11 is 15.9. The molecule has 1 aliphatic heterocycles. The second-order valence-electron chi connectivity index (χ2n) is 6.65. The lowest BCUT2D eigenvalue weighted by atomic mass is 9.95. The molecule has 0 saturated carbocycles. The van der Waals surface area contributed by atoms with E-state index in [0.717, 1.165) is 15.6 Å². The van der Waals surface area contributed by atoms with Gasteiger partial charge in [0.15, 0.2) is 0 Å². The third-order valence-corrected chi connectivity index (χ3v) is 5.80. The molecule has 1 heterocycles. The first-order valence-corrected chi connectivity index (χ1v) is 10.4. The number of halogens is 3. The standard InChI is InChI=1S/C22H15BrCl2N2O2/c23-14-6-9-19-17(10-14)21(13-4-2-1-3-5-13)27(12-20(28)26-19)22(29)16-11-15(24)7-8-18(16)25/h1-11,21H,12H2,(H,26,28). The number of hydrogen-bond acceptors (Lipinski definition) is 2. The van der Waals surface area contributed by atoms with E-state index in [0.29, 0.717) is 10.7 Å². The molecule has 4 nitrogen and oxygen atoms in total. The third kappa shape index (κ3) is 4.04. The quantitative estimate of drug-likeness (QED) is 0.484. The lowest BCUT2D eigenvalue weighted by molar-refractivity contribution is -0.117. The van der Waals surface area contributed by atoms with Crippen LogP contribution in [-0.4, -0.2) is 23.3 Å². The van der Waals surface area contributed by atoms with Gasteiger partial charge in [0.2, 0.25) is 5.91 Å². The highest BCUT2D eigenvalue weighted by Crippen LogP contribution is 2.38. The summed E-state index contributed by atoms with van der Waals surface area (Å²) < 4.78 is 0.849. The lowest BCUT2D eigenvalue weighted by Gasteiger charge is -2.31. The average molecular weight is 490 g/mol. The Morgan fingerprint density at radius 1 is 1.03 bits per heavy atom. The van der Waals surface area contributed by atoms with Crippen molar-refractivity contribution >= 4 is 56.6 Å². The molecule has 29 heavy (non-hydrogen) atoms. The monoisotopic (exact) mass is 488 g/mol. The van der Waals surface area contributed by atoms with Crippen LogP contribution in [-0.2, 0) is 4.79 Å². The number of nitrogens with one attached hydrogen (secondary N) is 1. The van der Waals surface area contributed by atoms with E-state index in [-0.39, 0.29) is 28.9 Å². The van der Waals surface area contributed by atoms with Crippen molar-refractivity contribution in [1.82, 2.24) is 4.90 Å². The molecule has 0 spiro atoms. The number of fused-ring (bicyclic) bond motifs is 1. The summed E-state index contributed by atoms with van der Waals surface area (Å²) in [5.41, 5.74) is 2.61. The molecule has 1 unspecified atom stereocenters. The first-order valence-electron chi connectivity index (χ1n) is 8.84. The summed E-state index contributed by atoms with van der Waals surface area (Å²) in [6, 6.07) is 19.4. The topological polar surface area (TPSA) is 49.4 Å². The molecule has 0 bridgehead atoms. The molecule has 3 aromatic carbocycles. The zero-order chi connectivity index (χ0) is 20.5. The van der Waals surface area contributed by atoms with Gasteiger partial charge >= 0.3 is 0 Å². The highest BCUT2D eigenvalue weighted by Gasteiger charge is 2.34. The highest BCUT2D eigenvalue weighted by molar-refractivity contribution is 9.10. The maximum Gasteiger partial charge on any atom is 0.256 e. The molecule has 0 fully saturated rings. The Bertz CT molecular complexity index is 1110. The number of anilines is 1. The number of carbonyl (C=O) groups excluding carboxylic acids is 2. The van der Waals surface area contributed by atoms with E-state index >= 15 is 0 Å². The van der Waals surface area contributed by atoms with Gasteiger partial charge in [-0.05, 0) is 42.0 Å². The zero-order valence-electron chi connectivity index (χ0n) is 15.0. The van der Waals surface area contributed by atoms with Crippen LogP contribution in [0.15, 0.2) is 71.2 Å². The molecule has 1 N–H and O–H groups in total. The largest absolute Gasteiger partial charge is 0.324 e. The van der Waals surface area contributed by atoms with E-state index in [4.69, 9.17) is 23.2 Å². The molecule has 2 amide bonds. The Balaban J connectivity index is 1.91. The Morgan fingerprint density at radius 3 is 2.55 bits per heavy atom. The Kier molecular flexibility index (Phi) is 5.63. The van der Waals surface area contributed by atoms with Gasteiger partial charge in [0.05, 0.1) is 16.6 Å². The fraction of sp³-hybridized carbons (Fsp3) is 0.0909. The maximum atomic E-state index is 13.5. The van der Waals surface area contributed by atoms with E-state index in [1.54, 1.807) is 12.1 Å². The average Bonchev–Trinajstić information content (AvgIpc) is 2.85. The lowest BCUT2D eigenvalue weighted by Crippen LogP contribution is -2.39. The molecule has 7 heteroatoms. The van der Waals surface area contributed by atoms with Crippen molar-refractivity contribution in [2.45, 2.75) is 6.04 Å². The number of carbonyl (C=O) groups is 2. The van der Waals surface area contributed by atoms with Gasteiger partial charge in [-0.15, -0.1) is 0 Å². The second-order valence-corrected chi connectivity index (χ2v) is 8.41. The SMILES string of the molecule is O=C1CN(C(=O)c2cc(Cl)ccc2Cl)C(c2ccccc2)c2cc(Br)ccc2N1.